The van der Waals surface area contributed by atoms with Crippen LogP contribution in [0.25, 0.3) is 0 Å². The van der Waals surface area contributed by atoms with E-state index in [1.165, 1.54) is 8.61 Å². The van der Waals surface area contributed by atoms with Crippen molar-refractivity contribution in [3.63, 3.8) is 0 Å². The molecule has 0 saturated carbocycles. The smallest absolute Gasteiger partial charge is 0.304 e. The molecule has 3 rings (SSSR count). The Balaban J connectivity index is 1.68. The van der Waals surface area contributed by atoms with E-state index in [0.29, 0.717) is 56.3 Å². The number of furan rings is 1. The molecule has 1 fully saturated rings. The maximum Gasteiger partial charge on any atom is 0.304 e. The maximum absolute atomic E-state index is 13.3. The summed E-state index contributed by atoms with van der Waals surface area (Å²) in [7, 11) is -3.75. The Labute approximate surface area is 178 Å². The molecule has 30 heavy (non-hydrogen) atoms. The van der Waals surface area contributed by atoms with E-state index in [-0.39, 0.29) is 18.4 Å². The standard InChI is InChI=1S/C21H29N3O5S/c1-3-24(18-9-11-19(12-10-18)28-4-2)30(26,27)23-13-5-7-17(16-23)21(25)22-15-20-8-6-14-29-20/h6,8-12,14,17H,3-5,7,13,15-16H2,1-2H3,(H,22,25)/t17-/m1/s1. The predicted molar refractivity (Wildman–Crippen MR) is 114 cm³/mol. The van der Waals surface area contributed by atoms with E-state index in [2.05, 4.69) is 5.32 Å². The molecule has 1 amide bonds. The molecule has 164 valence electrons. The first-order chi connectivity index (χ1) is 14.5. The van der Waals surface area contributed by atoms with E-state index in [1.807, 2.05) is 6.92 Å². The summed E-state index contributed by atoms with van der Waals surface area (Å²) in [6.07, 6.45) is 2.85. The normalized spacial score (nSPS) is 17.5. The summed E-state index contributed by atoms with van der Waals surface area (Å²) in [5, 5.41) is 2.84. The van der Waals surface area contributed by atoms with Crippen molar-refractivity contribution in [1.82, 2.24) is 9.62 Å². The number of nitrogens with one attached hydrogen (secondary N) is 1. The van der Waals surface area contributed by atoms with Gasteiger partial charge in [0.25, 0.3) is 0 Å². The highest BCUT2D eigenvalue weighted by Crippen LogP contribution is 2.27. The molecule has 1 aromatic heterocycles. The Kier molecular flexibility index (Phi) is 7.38. The summed E-state index contributed by atoms with van der Waals surface area (Å²) in [5.74, 6) is 0.815. The van der Waals surface area contributed by atoms with Crippen molar-refractivity contribution < 1.29 is 22.4 Å². The molecule has 0 radical (unpaired) electrons. The van der Waals surface area contributed by atoms with Crippen LogP contribution in [0.3, 0.4) is 0 Å². The van der Waals surface area contributed by atoms with Crippen LogP contribution in [0.15, 0.2) is 47.1 Å². The minimum atomic E-state index is -3.75. The molecule has 1 aliphatic heterocycles. The lowest BCUT2D eigenvalue weighted by Gasteiger charge is -2.35. The van der Waals surface area contributed by atoms with E-state index in [1.54, 1.807) is 49.6 Å². The fraction of sp³-hybridized carbons (Fsp3) is 0.476. The van der Waals surface area contributed by atoms with Gasteiger partial charge in [0.15, 0.2) is 0 Å². The number of hydrogen-bond acceptors (Lipinski definition) is 5. The molecule has 1 aliphatic rings. The van der Waals surface area contributed by atoms with Gasteiger partial charge in [-0.3, -0.25) is 9.10 Å². The molecule has 0 spiro atoms. The Bertz CT molecular complexity index is 913. The van der Waals surface area contributed by atoms with Gasteiger partial charge in [-0.25, -0.2) is 0 Å². The van der Waals surface area contributed by atoms with E-state index in [0.717, 1.165) is 0 Å². The van der Waals surface area contributed by atoms with E-state index >= 15 is 0 Å². The lowest BCUT2D eigenvalue weighted by atomic mass is 9.99. The van der Waals surface area contributed by atoms with Gasteiger partial charge in [0, 0.05) is 19.6 Å². The largest absolute Gasteiger partial charge is 0.494 e. The number of amides is 1. The monoisotopic (exact) mass is 435 g/mol. The molecule has 0 bridgehead atoms. The molecule has 1 atom stereocenters. The van der Waals surface area contributed by atoms with Gasteiger partial charge in [-0.2, -0.15) is 12.7 Å². The molecule has 2 aromatic rings. The zero-order valence-electron chi connectivity index (χ0n) is 17.4. The molecule has 1 N–H and O–H groups in total. The summed E-state index contributed by atoms with van der Waals surface area (Å²) >= 11 is 0. The lowest BCUT2D eigenvalue weighted by molar-refractivity contribution is -0.126. The fourth-order valence-electron chi connectivity index (χ4n) is 3.59. The molecule has 1 saturated heterocycles. The Morgan fingerprint density at radius 2 is 2.03 bits per heavy atom. The highest BCUT2D eigenvalue weighted by molar-refractivity contribution is 7.90. The van der Waals surface area contributed by atoms with Gasteiger partial charge in [0.2, 0.25) is 5.91 Å². The van der Waals surface area contributed by atoms with Crippen molar-refractivity contribution in [3.05, 3.63) is 48.4 Å². The average Bonchev–Trinajstić information content (AvgIpc) is 3.27. The molecule has 0 unspecified atom stereocenters. The SMILES string of the molecule is CCOc1ccc(N(CC)S(=O)(=O)N2CCC[C@@H](C(=O)NCc3ccco3)C2)cc1. The molecule has 1 aromatic carbocycles. The van der Waals surface area contributed by atoms with Crippen molar-refractivity contribution in [1.29, 1.82) is 0 Å². The van der Waals surface area contributed by atoms with Crippen molar-refractivity contribution in [2.24, 2.45) is 5.92 Å². The molecule has 9 heteroatoms. The number of ether oxygens (including phenoxy) is 1. The molecular formula is C21H29N3O5S. The van der Waals surface area contributed by atoms with Crippen molar-refractivity contribution in [3.8, 4) is 5.75 Å². The molecular weight excluding hydrogens is 406 g/mol. The van der Waals surface area contributed by atoms with Gasteiger partial charge < -0.3 is 14.5 Å². The van der Waals surface area contributed by atoms with Crippen molar-refractivity contribution in [2.75, 3.05) is 30.5 Å². The number of hydrogen-bond donors (Lipinski definition) is 1. The molecule has 2 heterocycles. The quantitative estimate of drug-likeness (QED) is 0.654. The highest BCUT2D eigenvalue weighted by atomic mass is 32.2. The summed E-state index contributed by atoms with van der Waals surface area (Å²) < 4.78 is 40.1. The Hall–Kier alpha value is -2.52. The van der Waals surface area contributed by atoms with Crippen LogP contribution in [0.4, 0.5) is 5.69 Å². The summed E-state index contributed by atoms with van der Waals surface area (Å²) in [4.78, 5) is 12.6. The third kappa shape index (κ3) is 5.14. The fourth-order valence-corrected chi connectivity index (χ4v) is 5.31. The van der Waals surface area contributed by atoms with Crippen LogP contribution in [0.5, 0.6) is 5.75 Å². The Morgan fingerprint density at radius 3 is 2.67 bits per heavy atom. The number of rotatable bonds is 9. The van der Waals surface area contributed by atoms with Crippen LogP contribution in [0, 0.1) is 5.92 Å². The van der Waals surface area contributed by atoms with Crippen molar-refractivity contribution in [2.45, 2.75) is 33.2 Å². The van der Waals surface area contributed by atoms with Gasteiger partial charge in [-0.1, -0.05) is 0 Å². The number of benzene rings is 1. The first-order valence-electron chi connectivity index (χ1n) is 10.3. The summed E-state index contributed by atoms with van der Waals surface area (Å²) in [6.45, 7) is 5.40. The number of anilines is 1. The zero-order valence-corrected chi connectivity index (χ0v) is 18.2. The van der Waals surface area contributed by atoms with E-state index in [4.69, 9.17) is 9.15 Å². The van der Waals surface area contributed by atoms with Gasteiger partial charge >= 0.3 is 10.2 Å². The summed E-state index contributed by atoms with van der Waals surface area (Å²) in [5.41, 5.74) is 0.574. The van der Waals surface area contributed by atoms with Gasteiger partial charge in [0.05, 0.1) is 31.0 Å². The van der Waals surface area contributed by atoms with Gasteiger partial charge in [-0.15, -0.1) is 0 Å². The Morgan fingerprint density at radius 1 is 1.27 bits per heavy atom. The van der Waals surface area contributed by atoms with Crippen LogP contribution in [-0.2, 0) is 21.5 Å². The lowest BCUT2D eigenvalue weighted by Crippen LogP contribution is -2.50. The zero-order chi connectivity index (χ0) is 21.6. The van der Waals surface area contributed by atoms with Gasteiger partial charge in [0.1, 0.15) is 11.5 Å². The number of piperidine rings is 1. The highest BCUT2D eigenvalue weighted by Gasteiger charge is 2.35. The molecule has 0 aliphatic carbocycles. The first kappa shape index (κ1) is 22.2. The third-order valence-corrected chi connectivity index (χ3v) is 7.11. The molecule has 8 nitrogen and oxygen atoms in total. The third-order valence-electron chi connectivity index (χ3n) is 5.10. The average molecular weight is 436 g/mol. The minimum absolute atomic E-state index is 0.157. The second-order valence-electron chi connectivity index (χ2n) is 7.09. The van der Waals surface area contributed by atoms with Crippen LogP contribution >= 0.6 is 0 Å². The maximum atomic E-state index is 13.3. The first-order valence-corrected chi connectivity index (χ1v) is 11.7. The van der Waals surface area contributed by atoms with Crippen LogP contribution in [0.2, 0.25) is 0 Å². The van der Waals surface area contributed by atoms with Gasteiger partial charge in [-0.05, 0) is 63.1 Å². The second-order valence-corrected chi connectivity index (χ2v) is 8.95. The van der Waals surface area contributed by atoms with Crippen LogP contribution in [0.1, 0.15) is 32.4 Å². The van der Waals surface area contributed by atoms with Crippen LogP contribution < -0.4 is 14.4 Å². The van der Waals surface area contributed by atoms with E-state index in [9.17, 15) is 13.2 Å². The number of carbonyl (C=O) groups excluding carboxylic acids is 1. The number of nitrogens with zero attached hydrogens (tertiary/aromatic N) is 2. The second kappa shape index (κ2) is 9.99. The number of carbonyl (C=O) groups is 1. The van der Waals surface area contributed by atoms with Crippen molar-refractivity contribution >= 4 is 21.8 Å². The summed E-state index contributed by atoms with van der Waals surface area (Å²) in [6, 6.07) is 10.5. The predicted octanol–water partition coefficient (Wildman–Crippen LogP) is 2.78. The van der Waals surface area contributed by atoms with Crippen LogP contribution in [-0.4, -0.2) is 44.9 Å². The topological polar surface area (TPSA) is 92.1 Å². The minimum Gasteiger partial charge on any atom is -0.494 e. The van der Waals surface area contributed by atoms with E-state index < -0.39 is 10.2 Å².